The van der Waals surface area contributed by atoms with Crippen molar-refractivity contribution in [3.8, 4) is 22.8 Å². The van der Waals surface area contributed by atoms with Gasteiger partial charge in [0.15, 0.2) is 0 Å². The largest absolute Gasteiger partial charge is 0.506 e. The van der Waals surface area contributed by atoms with Gasteiger partial charge in [-0.1, -0.05) is 80.6 Å². The van der Waals surface area contributed by atoms with Gasteiger partial charge in [-0.05, 0) is 41.8 Å². The molecule has 5 aromatic rings. The second kappa shape index (κ2) is 27.3. The number of primary amides is 1. The summed E-state index contributed by atoms with van der Waals surface area (Å²) in [5, 5.41) is 15.5. The molecule has 6 rings (SSSR count). The van der Waals surface area contributed by atoms with Gasteiger partial charge in [-0.15, -0.1) is 0 Å². The predicted molar refractivity (Wildman–Crippen MR) is 258 cm³/mol. The lowest BCUT2D eigenvalue weighted by molar-refractivity contribution is -0.124. The van der Waals surface area contributed by atoms with Gasteiger partial charge in [0, 0.05) is 59.0 Å². The number of nitrogens with two attached hydrogens (primary N) is 3. The maximum absolute atomic E-state index is 13.4. The summed E-state index contributed by atoms with van der Waals surface area (Å²) in [6, 6.07) is 29.3. The molecule has 4 aromatic carbocycles. The standard InChI is InChI=1S/C49H58N6O10.C2H6/c1-60-44-32-41(54-47-39(44)11-6-12-43(47)57)33-13-15-34(16-14-33)49(59)53-19-21-61-23-25-63-27-29-65-30-28-64-26-24-62-22-20-55(52)48-36-8-3-2-7-35(36)31-40(42(56)17-18-45(50)58)37-9-4-5-10-38(37)46(48)51;1-2/h2-16,32,40,57H,17-31,51-52H2,1H3,(H2,50,58)(H,53,59);1-2H3/b48-46-;. The molecule has 1 atom stereocenters. The molecule has 16 nitrogen and oxygen atoms in total. The van der Waals surface area contributed by atoms with E-state index in [2.05, 4.69) is 10.3 Å². The Balaban J connectivity index is 0.00000414. The van der Waals surface area contributed by atoms with Crippen molar-refractivity contribution >= 4 is 39.9 Å². The lowest BCUT2D eigenvalue weighted by Gasteiger charge is -2.30. The number of rotatable bonds is 26. The number of pyridine rings is 1. The molecule has 0 saturated carbocycles. The molecule has 0 aliphatic heterocycles. The second-order valence-corrected chi connectivity index (χ2v) is 15.2. The van der Waals surface area contributed by atoms with E-state index in [1.54, 1.807) is 54.6 Å². The highest BCUT2D eigenvalue weighted by atomic mass is 16.6. The monoisotopic (exact) mass is 920 g/mol. The van der Waals surface area contributed by atoms with Crippen LogP contribution in [-0.2, 0) is 39.7 Å². The van der Waals surface area contributed by atoms with Crippen LogP contribution >= 0.6 is 0 Å². The number of fused-ring (bicyclic) bond motifs is 3. The first-order chi connectivity index (χ1) is 32.7. The summed E-state index contributed by atoms with van der Waals surface area (Å²) in [6.07, 6.45) is 0.478. The second-order valence-electron chi connectivity index (χ2n) is 15.2. The van der Waals surface area contributed by atoms with E-state index in [-0.39, 0.29) is 30.3 Å². The summed E-state index contributed by atoms with van der Waals surface area (Å²) in [4.78, 5) is 42.1. The number of aromatic hydroxyl groups is 1. The summed E-state index contributed by atoms with van der Waals surface area (Å²) in [5.41, 5.74) is 18.9. The molecule has 358 valence electrons. The first-order valence-corrected chi connectivity index (χ1v) is 22.6. The van der Waals surface area contributed by atoms with Gasteiger partial charge < -0.3 is 55.3 Å². The third-order valence-corrected chi connectivity index (χ3v) is 10.8. The van der Waals surface area contributed by atoms with Crippen molar-refractivity contribution in [3.63, 3.8) is 0 Å². The van der Waals surface area contributed by atoms with Crippen LogP contribution in [0.25, 0.3) is 33.6 Å². The zero-order chi connectivity index (χ0) is 48.0. The SMILES string of the molecule is CC.COc1cc(-c2ccc(C(=O)NCCOCCOCCOCCOCCOCCN(N)/C3=C(\N)c4ccccc4C(C(=O)CCC(N)=O)Cc4ccccc43)cc2)nc2c(O)cccc12. The number of phenolic OH excluding ortho intramolecular Hbond substituents is 1. The lowest BCUT2D eigenvalue weighted by atomic mass is 9.79. The van der Waals surface area contributed by atoms with E-state index >= 15 is 0 Å². The van der Waals surface area contributed by atoms with Gasteiger partial charge in [-0.2, -0.15) is 0 Å². The van der Waals surface area contributed by atoms with Crippen LogP contribution in [0.3, 0.4) is 0 Å². The highest BCUT2D eigenvalue weighted by Crippen LogP contribution is 2.38. The number of carbonyl (C=O) groups is 3. The minimum atomic E-state index is -0.512. The van der Waals surface area contributed by atoms with Crippen LogP contribution in [-0.4, -0.2) is 119 Å². The fourth-order valence-corrected chi connectivity index (χ4v) is 7.50. The molecular formula is C51H64N6O10. The quantitative estimate of drug-likeness (QED) is 0.0259. The minimum Gasteiger partial charge on any atom is -0.506 e. The van der Waals surface area contributed by atoms with Crippen molar-refractivity contribution in [2.45, 2.75) is 39.0 Å². The first kappa shape index (κ1) is 51.6. The van der Waals surface area contributed by atoms with Gasteiger partial charge >= 0.3 is 0 Å². The number of ether oxygens (including phenoxy) is 6. The van der Waals surface area contributed by atoms with E-state index in [0.717, 1.165) is 27.8 Å². The number of nitrogens with one attached hydrogen (secondary N) is 1. The molecule has 16 heteroatoms. The van der Waals surface area contributed by atoms with Gasteiger partial charge in [0.05, 0.1) is 96.8 Å². The molecule has 1 unspecified atom stereocenters. The average molecular weight is 921 g/mol. The van der Waals surface area contributed by atoms with Crippen LogP contribution in [0.2, 0.25) is 0 Å². The number of hydrazine groups is 1. The van der Waals surface area contributed by atoms with Crippen molar-refractivity contribution in [1.82, 2.24) is 15.3 Å². The fourth-order valence-electron chi connectivity index (χ4n) is 7.50. The topological polar surface area (TPSA) is 233 Å². The highest BCUT2D eigenvalue weighted by molar-refractivity contribution is 5.97. The van der Waals surface area contributed by atoms with E-state index in [0.29, 0.717) is 125 Å². The molecule has 0 saturated heterocycles. The Morgan fingerprint density at radius 2 is 1.34 bits per heavy atom. The number of benzene rings is 4. The predicted octanol–water partition coefficient (Wildman–Crippen LogP) is 5.59. The number of hydrogen-bond donors (Lipinski definition) is 5. The fraction of sp³-hybridized carbons (Fsp3) is 0.373. The third kappa shape index (κ3) is 14.8. The zero-order valence-electron chi connectivity index (χ0n) is 38.7. The Bertz CT molecular complexity index is 2410. The Morgan fingerprint density at radius 1 is 0.746 bits per heavy atom. The van der Waals surface area contributed by atoms with Crippen molar-refractivity contribution in [1.29, 1.82) is 0 Å². The molecule has 1 aromatic heterocycles. The number of para-hydroxylation sites is 1. The summed E-state index contributed by atoms with van der Waals surface area (Å²) in [6.45, 7) is 8.50. The molecular weight excluding hydrogens is 857 g/mol. The molecule has 0 spiro atoms. The number of aromatic nitrogens is 1. The van der Waals surface area contributed by atoms with E-state index in [1.165, 1.54) is 0 Å². The number of amides is 2. The Kier molecular flexibility index (Phi) is 21.0. The maximum atomic E-state index is 13.4. The smallest absolute Gasteiger partial charge is 0.251 e. The Hall–Kier alpha value is -6.40. The van der Waals surface area contributed by atoms with Gasteiger partial charge in [-0.3, -0.25) is 14.4 Å². The molecule has 8 N–H and O–H groups in total. The van der Waals surface area contributed by atoms with Crippen LogP contribution in [0.5, 0.6) is 11.5 Å². The van der Waals surface area contributed by atoms with Crippen LogP contribution in [0.4, 0.5) is 0 Å². The molecule has 0 fully saturated rings. The third-order valence-electron chi connectivity index (χ3n) is 10.8. The molecule has 0 radical (unpaired) electrons. The van der Waals surface area contributed by atoms with E-state index in [4.69, 9.17) is 45.7 Å². The molecule has 1 aliphatic carbocycles. The van der Waals surface area contributed by atoms with E-state index in [1.807, 2.05) is 68.4 Å². The number of ketones is 1. The molecule has 1 heterocycles. The van der Waals surface area contributed by atoms with Crippen LogP contribution in [0, 0.1) is 0 Å². The molecule has 1 aliphatic rings. The van der Waals surface area contributed by atoms with Gasteiger partial charge in [0.2, 0.25) is 5.91 Å². The molecule has 2 amide bonds. The Morgan fingerprint density at radius 3 is 1.99 bits per heavy atom. The number of Topliss-reactive ketones (excluding diaryl/α,β-unsaturated/α-hetero) is 1. The lowest BCUT2D eigenvalue weighted by Crippen LogP contribution is -2.35. The highest BCUT2D eigenvalue weighted by Gasteiger charge is 2.30. The Labute approximate surface area is 392 Å². The summed E-state index contributed by atoms with van der Waals surface area (Å²) < 4.78 is 33.7. The van der Waals surface area contributed by atoms with Crippen molar-refractivity contribution in [2.24, 2.45) is 17.3 Å². The first-order valence-electron chi connectivity index (χ1n) is 22.6. The van der Waals surface area contributed by atoms with Crippen LogP contribution in [0.1, 0.15) is 65.2 Å². The van der Waals surface area contributed by atoms with Crippen molar-refractivity contribution < 1.29 is 47.9 Å². The molecule has 67 heavy (non-hydrogen) atoms. The maximum Gasteiger partial charge on any atom is 0.251 e. The van der Waals surface area contributed by atoms with Crippen LogP contribution in [0.15, 0.2) is 97.1 Å². The number of hydrogen-bond acceptors (Lipinski definition) is 14. The minimum absolute atomic E-state index is 0.00837. The summed E-state index contributed by atoms with van der Waals surface area (Å²) >= 11 is 0. The number of methoxy groups -OCH3 is 1. The zero-order valence-corrected chi connectivity index (χ0v) is 38.7. The van der Waals surface area contributed by atoms with Gasteiger partial charge in [0.25, 0.3) is 5.91 Å². The van der Waals surface area contributed by atoms with Gasteiger partial charge in [-0.25, -0.2) is 10.8 Å². The number of phenols is 1. The van der Waals surface area contributed by atoms with Crippen molar-refractivity contribution in [2.75, 3.05) is 86.3 Å². The summed E-state index contributed by atoms with van der Waals surface area (Å²) in [7, 11) is 1.57. The van der Waals surface area contributed by atoms with E-state index in [9.17, 15) is 19.5 Å². The number of carbonyl (C=O) groups excluding carboxylic acids is 3. The summed E-state index contributed by atoms with van der Waals surface area (Å²) in [5.74, 6) is 6.02. The number of nitrogens with zero attached hydrogens (tertiary/aromatic N) is 2. The van der Waals surface area contributed by atoms with Crippen molar-refractivity contribution in [3.05, 3.63) is 125 Å². The van der Waals surface area contributed by atoms with E-state index < -0.39 is 11.8 Å². The average Bonchev–Trinajstić information content (AvgIpc) is 3.35. The van der Waals surface area contributed by atoms with Crippen LogP contribution < -0.4 is 27.4 Å². The molecule has 0 bridgehead atoms. The normalized spacial score (nSPS) is 14.2. The van der Waals surface area contributed by atoms with Gasteiger partial charge in [0.1, 0.15) is 22.8 Å².